The Hall–Kier alpha value is 0.0600. The van der Waals surface area contributed by atoms with Gasteiger partial charge in [-0.25, -0.2) is 0 Å². The van der Waals surface area contributed by atoms with Gasteiger partial charge in [-0.15, -0.1) is 11.6 Å². The first-order valence-electron chi connectivity index (χ1n) is 2.66. The molecule has 0 rings (SSSR count). The molecule has 9 heavy (non-hydrogen) atoms. The summed E-state index contributed by atoms with van der Waals surface area (Å²) >= 11 is 11.3. The van der Waals surface area contributed by atoms with Crippen molar-refractivity contribution in [2.45, 2.75) is 13.8 Å². The largest absolute Gasteiger partial charge is 0.122 e. The topological polar surface area (TPSA) is 0 Å². The molecule has 0 heterocycles. The van der Waals surface area contributed by atoms with Crippen molar-refractivity contribution >= 4 is 23.2 Å². The Morgan fingerprint density at radius 1 is 1.44 bits per heavy atom. The van der Waals surface area contributed by atoms with Crippen LogP contribution in [0.1, 0.15) is 13.8 Å². The first-order valence-corrected chi connectivity index (χ1v) is 3.58. The monoisotopic (exact) mass is 164 g/mol. The Kier molecular flexibility index (Phi) is 4.00. The maximum Gasteiger partial charge on any atom is 0.0448 e. The lowest BCUT2D eigenvalue weighted by Gasteiger charge is -1.99. The van der Waals surface area contributed by atoms with Crippen molar-refractivity contribution in [1.29, 1.82) is 0 Å². The van der Waals surface area contributed by atoms with E-state index in [-0.39, 0.29) is 0 Å². The standard InChI is InChI=1S/C7H10Cl2/c1-5(2)7(9)6(3)4-8/h1,4H2,2-3H3/b7-6+. The number of halogens is 2. The van der Waals surface area contributed by atoms with Gasteiger partial charge in [-0.1, -0.05) is 18.2 Å². The molecule has 0 spiro atoms. The Balaban J connectivity index is 4.28. The molecule has 0 atom stereocenters. The Bertz CT molecular complexity index is 145. The predicted octanol–water partition coefficient (Wildman–Crippen LogP) is 3.31. The Morgan fingerprint density at radius 3 is 2.00 bits per heavy atom. The van der Waals surface area contributed by atoms with E-state index in [1.807, 2.05) is 13.8 Å². The van der Waals surface area contributed by atoms with Crippen LogP contribution in [0.4, 0.5) is 0 Å². The van der Waals surface area contributed by atoms with Gasteiger partial charge in [0.05, 0.1) is 0 Å². The van der Waals surface area contributed by atoms with E-state index < -0.39 is 0 Å². The van der Waals surface area contributed by atoms with Gasteiger partial charge in [0.2, 0.25) is 0 Å². The molecule has 0 nitrogen and oxygen atoms in total. The van der Waals surface area contributed by atoms with Gasteiger partial charge in [-0.05, 0) is 25.0 Å². The highest BCUT2D eigenvalue weighted by molar-refractivity contribution is 6.33. The molecule has 0 N–H and O–H groups in total. The predicted molar refractivity (Wildman–Crippen MR) is 44.1 cm³/mol. The third-order valence-corrected chi connectivity index (χ3v) is 2.00. The minimum Gasteiger partial charge on any atom is -0.122 e. The molecule has 0 aromatic heterocycles. The second-order valence-electron chi connectivity index (χ2n) is 2.01. The molecule has 0 aromatic rings. The fourth-order valence-corrected chi connectivity index (χ4v) is 0.692. The van der Waals surface area contributed by atoms with Crippen LogP contribution in [0.3, 0.4) is 0 Å². The number of rotatable bonds is 2. The lowest BCUT2D eigenvalue weighted by Crippen LogP contribution is -1.82. The van der Waals surface area contributed by atoms with Crippen molar-refractivity contribution in [2.24, 2.45) is 0 Å². The molecule has 0 fully saturated rings. The summed E-state index contributed by atoms with van der Waals surface area (Å²) in [6.45, 7) is 7.43. The first-order chi connectivity index (χ1) is 4.09. The lowest BCUT2D eigenvalue weighted by atomic mass is 10.2. The maximum absolute atomic E-state index is 5.76. The average molecular weight is 165 g/mol. The van der Waals surface area contributed by atoms with Crippen molar-refractivity contribution in [1.82, 2.24) is 0 Å². The van der Waals surface area contributed by atoms with Gasteiger partial charge < -0.3 is 0 Å². The van der Waals surface area contributed by atoms with Gasteiger partial charge in [0.1, 0.15) is 0 Å². The van der Waals surface area contributed by atoms with Crippen molar-refractivity contribution in [3.63, 3.8) is 0 Å². The van der Waals surface area contributed by atoms with Crippen molar-refractivity contribution in [3.8, 4) is 0 Å². The molecular formula is C7H10Cl2. The van der Waals surface area contributed by atoms with Crippen LogP contribution in [0.2, 0.25) is 0 Å². The third-order valence-electron chi connectivity index (χ3n) is 0.950. The molecule has 2 heteroatoms. The Morgan fingerprint density at radius 2 is 1.89 bits per heavy atom. The molecule has 0 aliphatic heterocycles. The summed E-state index contributed by atoms with van der Waals surface area (Å²) in [6.07, 6.45) is 0. The highest BCUT2D eigenvalue weighted by Crippen LogP contribution is 2.17. The van der Waals surface area contributed by atoms with Crippen LogP contribution in [-0.2, 0) is 0 Å². The van der Waals surface area contributed by atoms with E-state index in [9.17, 15) is 0 Å². The molecule has 52 valence electrons. The molecule has 0 radical (unpaired) electrons. The fraction of sp³-hybridized carbons (Fsp3) is 0.429. The summed E-state index contributed by atoms with van der Waals surface area (Å²) in [4.78, 5) is 0. The summed E-state index contributed by atoms with van der Waals surface area (Å²) in [5.74, 6) is 0.478. The van der Waals surface area contributed by atoms with Crippen LogP contribution in [-0.4, -0.2) is 5.88 Å². The van der Waals surface area contributed by atoms with E-state index in [4.69, 9.17) is 23.2 Å². The quantitative estimate of drug-likeness (QED) is 0.435. The number of hydrogen-bond donors (Lipinski definition) is 0. The van der Waals surface area contributed by atoms with Gasteiger partial charge >= 0.3 is 0 Å². The summed E-state index contributed by atoms with van der Waals surface area (Å²) in [5.41, 5.74) is 1.85. The highest BCUT2D eigenvalue weighted by Gasteiger charge is 1.96. The molecule has 0 aliphatic rings. The van der Waals surface area contributed by atoms with E-state index in [0.29, 0.717) is 10.9 Å². The Labute approximate surface area is 66.2 Å². The van der Waals surface area contributed by atoms with E-state index in [1.54, 1.807) is 0 Å². The summed E-state index contributed by atoms with van der Waals surface area (Å²) in [7, 11) is 0. The average Bonchev–Trinajstić information content (AvgIpc) is 1.84. The second-order valence-corrected chi connectivity index (χ2v) is 2.65. The smallest absolute Gasteiger partial charge is 0.0448 e. The number of allylic oxidation sites excluding steroid dienone is 3. The van der Waals surface area contributed by atoms with E-state index in [0.717, 1.165) is 11.1 Å². The van der Waals surface area contributed by atoms with Gasteiger partial charge in [0.15, 0.2) is 0 Å². The molecule has 0 aromatic carbocycles. The summed E-state index contributed by atoms with van der Waals surface area (Å²) < 4.78 is 0. The zero-order valence-electron chi connectivity index (χ0n) is 5.67. The lowest BCUT2D eigenvalue weighted by molar-refractivity contribution is 1.34. The SMILES string of the molecule is C=C(C)/C(Cl)=C(/C)CCl. The number of hydrogen-bond acceptors (Lipinski definition) is 0. The third kappa shape index (κ3) is 2.92. The van der Waals surface area contributed by atoms with Gasteiger partial charge in [0.25, 0.3) is 0 Å². The normalized spacial score (nSPS) is 12.9. The van der Waals surface area contributed by atoms with Crippen LogP contribution in [0.25, 0.3) is 0 Å². The molecule has 0 aliphatic carbocycles. The number of alkyl halides is 1. The molecule has 0 bridgehead atoms. The van der Waals surface area contributed by atoms with E-state index in [2.05, 4.69) is 6.58 Å². The minimum atomic E-state index is 0.478. The van der Waals surface area contributed by atoms with Crippen molar-refractivity contribution in [3.05, 3.63) is 22.8 Å². The van der Waals surface area contributed by atoms with Gasteiger partial charge in [0, 0.05) is 10.9 Å². The van der Waals surface area contributed by atoms with Gasteiger partial charge in [-0.2, -0.15) is 0 Å². The van der Waals surface area contributed by atoms with Crippen LogP contribution in [0.5, 0.6) is 0 Å². The first kappa shape index (κ1) is 9.06. The highest BCUT2D eigenvalue weighted by atomic mass is 35.5. The summed E-state index contributed by atoms with van der Waals surface area (Å²) in [5, 5.41) is 0.699. The van der Waals surface area contributed by atoms with Crippen molar-refractivity contribution in [2.75, 3.05) is 5.88 Å². The molecule has 0 saturated carbocycles. The fourth-order valence-electron chi connectivity index (χ4n) is 0.423. The van der Waals surface area contributed by atoms with Crippen LogP contribution in [0.15, 0.2) is 22.8 Å². The van der Waals surface area contributed by atoms with Crippen LogP contribution in [0, 0.1) is 0 Å². The summed E-state index contributed by atoms with van der Waals surface area (Å²) in [6, 6.07) is 0. The second kappa shape index (κ2) is 3.97. The zero-order chi connectivity index (χ0) is 7.44. The van der Waals surface area contributed by atoms with Crippen LogP contribution >= 0.6 is 23.2 Å². The van der Waals surface area contributed by atoms with Crippen LogP contribution < -0.4 is 0 Å². The molecule has 0 saturated heterocycles. The van der Waals surface area contributed by atoms with E-state index in [1.165, 1.54) is 0 Å². The maximum atomic E-state index is 5.76. The minimum absolute atomic E-state index is 0.478. The molecule has 0 amide bonds. The molecule has 0 unspecified atom stereocenters. The zero-order valence-corrected chi connectivity index (χ0v) is 7.18. The van der Waals surface area contributed by atoms with Gasteiger partial charge in [-0.3, -0.25) is 0 Å². The van der Waals surface area contributed by atoms with Crippen molar-refractivity contribution < 1.29 is 0 Å². The van der Waals surface area contributed by atoms with E-state index >= 15 is 0 Å². The molecular weight excluding hydrogens is 155 g/mol.